The van der Waals surface area contributed by atoms with Crippen molar-refractivity contribution in [1.82, 2.24) is 6.15 Å². The predicted octanol–water partition coefficient (Wildman–Crippen LogP) is 6.51. The summed E-state index contributed by atoms with van der Waals surface area (Å²) < 4.78 is 0. The molecule has 1 atom stereocenters. The molecule has 0 aliphatic heterocycles. The minimum atomic E-state index is 0. The van der Waals surface area contributed by atoms with Gasteiger partial charge >= 0.3 is 0 Å². The third kappa shape index (κ3) is 16.0. The van der Waals surface area contributed by atoms with Gasteiger partial charge in [0.2, 0.25) is 0 Å². The van der Waals surface area contributed by atoms with Gasteiger partial charge in [-0.15, -0.1) is 0 Å². The summed E-state index contributed by atoms with van der Waals surface area (Å²) in [4.78, 5) is 0. The molecule has 0 spiro atoms. The van der Waals surface area contributed by atoms with E-state index in [1.165, 1.54) is 77.0 Å². The molecule has 0 amide bonds. The van der Waals surface area contributed by atoms with Crippen molar-refractivity contribution in [2.24, 2.45) is 5.92 Å². The molecule has 0 fully saturated rings. The van der Waals surface area contributed by atoms with E-state index in [-0.39, 0.29) is 6.15 Å². The molecule has 1 nitrogen and oxygen atoms in total. The van der Waals surface area contributed by atoms with Gasteiger partial charge in [-0.1, -0.05) is 97.8 Å². The van der Waals surface area contributed by atoms with E-state index in [0.717, 1.165) is 5.92 Å². The Bertz CT molecular complexity index is 123. The van der Waals surface area contributed by atoms with Crippen molar-refractivity contribution in [2.45, 2.75) is 97.8 Å². The number of unbranched alkanes of at least 4 members (excludes halogenated alkanes) is 8. The van der Waals surface area contributed by atoms with Crippen molar-refractivity contribution < 1.29 is 0 Å². The first kappa shape index (κ1) is 19.3. The fourth-order valence-electron chi connectivity index (χ4n) is 2.34. The summed E-state index contributed by atoms with van der Waals surface area (Å²) in [6.07, 6.45) is 17.3. The quantitative estimate of drug-likeness (QED) is 0.390. The maximum atomic E-state index is 2.44. The first-order valence-corrected chi connectivity index (χ1v) is 7.81. The van der Waals surface area contributed by atoms with Crippen molar-refractivity contribution in [3.63, 3.8) is 0 Å². The van der Waals surface area contributed by atoms with Crippen molar-refractivity contribution in [3.8, 4) is 0 Å². The second-order valence-electron chi connectivity index (χ2n) is 5.51. The van der Waals surface area contributed by atoms with Crippen LogP contribution in [0.3, 0.4) is 0 Å². The lowest BCUT2D eigenvalue weighted by atomic mass is 9.96. The van der Waals surface area contributed by atoms with Crippen LogP contribution >= 0.6 is 0 Å². The Kier molecular flexibility index (Phi) is 18.1. The molecule has 0 aromatic rings. The Morgan fingerprint density at radius 2 is 0.941 bits per heavy atom. The van der Waals surface area contributed by atoms with E-state index in [0.29, 0.717) is 0 Å². The lowest BCUT2D eigenvalue weighted by Crippen LogP contribution is -1.95. The average molecular weight is 243 g/mol. The molecule has 0 aliphatic rings. The molecular weight excluding hydrogens is 206 g/mol. The molecule has 0 aliphatic carbocycles. The third-order valence-corrected chi connectivity index (χ3v) is 3.60. The Morgan fingerprint density at radius 3 is 1.41 bits per heavy atom. The van der Waals surface area contributed by atoms with Gasteiger partial charge in [-0.3, -0.25) is 0 Å². The van der Waals surface area contributed by atoms with Gasteiger partial charge in [0.25, 0.3) is 0 Å². The van der Waals surface area contributed by atoms with Crippen LogP contribution in [0.5, 0.6) is 0 Å². The summed E-state index contributed by atoms with van der Waals surface area (Å²) in [5.74, 6) is 0.975. The second kappa shape index (κ2) is 16.0. The SMILES string of the molecule is CCCCCCCCC(C)CCCCCC.N. The maximum Gasteiger partial charge on any atom is -0.0443 e. The molecule has 1 unspecified atom stereocenters. The molecule has 0 bridgehead atoms. The normalized spacial score (nSPS) is 12.2. The Balaban J connectivity index is 0. The van der Waals surface area contributed by atoms with Gasteiger partial charge < -0.3 is 6.15 Å². The van der Waals surface area contributed by atoms with Crippen LogP contribution in [-0.4, -0.2) is 0 Å². The minimum Gasteiger partial charge on any atom is -0.344 e. The number of hydrogen-bond acceptors (Lipinski definition) is 1. The molecule has 0 saturated heterocycles. The van der Waals surface area contributed by atoms with Crippen LogP contribution in [0, 0.1) is 5.92 Å². The Hall–Kier alpha value is -0.0400. The van der Waals surface area contributed by atoms with Gasteiger partial charge in [-0.2, -0.15) is 0 Å². The lowest BCUT2D eigenvalue weighted by Gasteiger charge is -2.10. The van der Waals surface area contributed by atoms with E-state index in [1.54, 1.807) is 0 Å². The predicted molar refractivity (Wildman–Crippen MR) is 80.9 cm³/mol. The van der Waals surface area contributed by atoms with Crippen molar-refractivity contribution in [3.05, 3.63) is 0 Å². The smallest absolute Gasteiger partial charge is 0.0443 e. The van der Waals surface area contributed by atoms with Crippen LogP contribution in [-0.2, 0) is 0 Å². The molecule has 0 aromatic heterocycles. The minimum absolute atomic E-state index is 0. The molecule has 0 heterocycles. The first-order chi connectivity index (χ1) is 7.81. The largest absolute Gasteiger partial charge is 0.344 e. The Morgan fingerprint density at radius 1 is 0.588 bits per heavy atom. The van der Waals surface area contributed by atoms with E-state index in [1.807, 2.05) is 0 Å². The zero-order valence-electron chi connectivity index (χ0n) is 12.8. The fraction of sp³-hybridized carbons (Fsp3) is 1.00. The molecule has 1 heteroatoms. The van der Waals surface area contributed by atoms with Crippen LogP contribution in [0.25, 0.3) is 0 Å². The molecule has 0 rings (SSSR count). The molecule has 3 N–H and O–H groups in total. The van der Waals surface area contributed by atoms with E-state index >= 15 is 0 Å². The van der Waals surface area contributed by atoms with E-state index < -0.39 is 0 Å². The van der Waals surface area contributed by atoms with Crippen molar-refractivity contribution in [1.29, 1.82) is 0 Å². The maximum absolute atomic E-state index is 2.44. The van der Waals surface area contributed by atoms with Crippen LogP contribution in [0.1, 0.15) is 97.8 Å². The monoisotopic (exact) mass is 243 g/mol. The average Bonchev–Trinajstić information content (AvgIpc) is 2.29. The highest BCUT2D eigenvalue weighted by Crippen LogP contribution is 2.17. The van der Waals surface area contributed by atoms with Gasteiger partial charge in [0.15, 0.2) is 0 Å². The zero-order valence-corrected chi connectivity index (χ0v) is 12.8. The van der Waals surface area contributed by atoms with Crippen LogP contribution in [0.2, 0.25) is 0 Å². The van der Waals surface area contributed by atoms with E-state index in [4.69, 9.17) is 0 Å². The molecular formula is C16H37N. The van der Waals surface area contributed by atoms with Crippen molar-refractivity contribution >= 4 is 0 Å². The number of rotatable bonds is 12. The lowest BCUT2D eigenvalue weighted by molar-refractivity contribution is 0.434. The zero-order chi connectivity index (χ0) is 12.1. The summed E-state index contributed by atoms with van der Waals surface area (Å²) in [6.45, 7) is 7.02. The summed E-state index contributed by atoms with van der Waals surface area (Å²) >= 11 is 0. The molecule has 106 valence electrons. The van der Waals surface area contributed by atoms with E-state index in [9.17, 15) is 0 Å². The van der Waals surface area contributed by atoms with Crippen LogP contribution < -0.4 is 6.15 Å². The summed E-state index contributed by atoms with van der Waals surface area (Å²) in [5.41, 5.74) is 0. The third-order valence-electron chi connectivity index (χ3n) is 3.60. The topological polar surface area (TPSA) is 35.0 Å². The van der Waals surface area contributed by atoms with Gasteiger partial charge in [-0.25, -0.2) is 0 Å². The highest BCUT2D eigenvalue weighted by Gasteiger charge is 2.01. The number of hydrogen-bond donors (Lipinski definition) is 1. The van der Waals surface area contributed by atoms with Crippen molar-refractivity contribution in [2.75, 3.05) is 0 Å². The highest BCUT2D eigenvalue weighted by molar-refractivity contribution is 4.55. The summed E-state index contributed by atoms with van der Waals surface area (Å²) in [7, 11) is 0. The fourth-order valence-corrected chi connectivity index (χ4v) is 2.34. The summed E-state index contributed by atoms with van der Waals surface area (Å²) in [6, 6.07) is 0. The standard InChI is InChI=1S/C16H34.H3N/c1-4-6-8-10-11-13-15-16(3)14-12-9-7-5-2;/h16H,4-15H2,1-3H3;1H3. The molecule has 0 aromatic carbocycles. The van der Waals surface area contributed by atoms with E-state index in [2.05, 4.69) is 20.8 Å². The highest BCUT2D eigenvalue weighted by atomic mass is 14.1. The molecule has 0 saturated carbocycles. The van der Waals surface area contributed by atoms with Gasteiger partial charge in [-0.05, 0) is 5.92 Å². The second-order valence-corrected chi connectivity index (χ2v) is 5.51. The van der Waals surface area contributed by atoms with Crippen LogP contribution in [0.4, 0.5) is 0 Å². The molecule has 17 heavy (non-hydrogen) atoms. The van der Waals surface area contributed by atoms with Gasteiger partial charge in [0.1, 0.15) is 0 Å². The molecule has 0 radical (unpaired) electrons. The summed E-state index contributed by atoms with van der Waals surface area (Å²) in [5, 5.41) is 0. The Labute approximate surface area is 110 Å². The van der Waals surface area contributed by atoms with Crippen LogP contribution in [0.15, 0.2) is 0 Å². The van der Waals surface area contributed by atoms with Gasteiger partial charge in [0, 0.05) is 0 Å². The van der Waals surface area contributed by atoms with Gasteiger partial charge in [0.05, 0.1) is 0 Å². The first-order valence-electron chi connectivity index (χ1n) is 7.81.